The van der Waals surface area contributed by atoms with E-state index in [-0.39, 0.29) is 11.8 Å². The summed E-state index contributed by atoms with van der Waals surface area (Å²) in [6, 6.07) is 6.39. The summed E-state index contributed by atoms with van der Waals surface area (Å²) < 4.78 is 0. The van der Waals surface area contributed by atoms with Crippen molar-refractivity contribution in [2.75, 3.05) is 6.54 Å². The van der Waals surface area contributed by atoms with Crippen LogP contribution in [-0.2, 0) is 29.2 Å². The number of amides is 2. The highest BCUT2D eigenvalue weighted by atomic mass is 16.2. The van der Waals surface area contributed by atoms with E-state index in [2.05, 4.69) is 34.1 Å². The molecule has 5 heteroatoms. The van der Waals surface area contributed by atoms with Crippen molar-refractivity contribution in [1.29, 1.82) is 0 Å². The lowest BCUT2D eigenvalue weighted by atomic mass is 10.1. The van der Waals surface area contributed by atoms with E-state index in [9.17, 15) is 9.59 Å². The number of unbranched alkanes of at least 4 members (excludes halogenated alkanes) is 2. The fraction of sp³-hybridized carbons (Fsp3) is 0.529. The Morgan fingerprint density at radius 3 is 2.73 bits per heavy atom. The van der Waals surface area contributed by atoms with E-state index in [0.717, 1.165) is 37.9 Å². The molecule has 0 radical (unpaired) electrons. The predicted molar refractivity (Wildman–Crippen MR) is 86.0 cm³/mol. The van der Waals surface area contributed by atoms with Crippen LogP contribution in [-0.4, -0.2) is 18.4 Å². The summed E-state index contributed by atoms with van der Waals surface area (Å²) in [6.45, 7) is 4.67. The Labute approximate surface area is 131 Å². The Morgan fingerprint density at radius 1 is 1.09 bits per heavy atom. The topological polar surface area (TPSA) is 70.2 Å². The standard InChI is InChI=1S/C17H25N3O2/c1-13(21)19-8-4-2-3-5-17(22)20-10-14-6-7-15-11-18-12-16(15)9-14/h6-7,9,18H,2-5,8,10-12H2,1H3,(H,19,21)(H,20,22). The molecular weight excluding hydrogens is 278 g/mol. The first-order chi connectivity index (χ1) is 10.6. The Hall–Kier alpha value is -1.88. The molecule has 3 N–H and O–H groups in total. The summed E-state index contributed by atoms with van der Waals surface area (Å²) in [5, 5.41) is 9.04. The van der Waals surface area contributed by atoms with Crippen LogP contribution in [0.2, 0.25) is 0 Å². The summed E-state index contributed by atoms with van der Waals surface area (Å²) >= 11 is 0. The summed E-state index contributed by atoms with van der Waals surface area (Å²) in [5.41, 5.74) is 3.85. The molecule has 0 aromatic heterocycles. The van der Waals surface area contributed by atoms with Gasteiger partial charge in [0.25, 0.3) is 0 Å². The average molecular weight is 303 g/mol. The number of benzene rings is 1. The maximum atomic E-state index is 11.8. The van der Waals surface area contributed by atoms with Gasteiger partial charge in [0.1, 0.15) is 0 Å². The number of carbonyl (C=O) groups excluding carboxylic acids is 2. The van der Waals surface area contributed by atoms with Crippen LogP contribution in [0.25, 0.3) is 0 Å². The van der Waals surface area contributed by atoms with Crippen molar-refractivity contribution in [3.8, 4) is 0 Å². The maximum absolute atomic E-state index is 11.8. The third-order valence-corrected chi connectivity index (χ3v) is 3.85. The van der Waals surface area contributed by atoms with Gasteiger partial charge in [0.2, 0.25) is 11.8 Å². The van der Waals surface area contributed by atoms with Gasteiger partial charge in [0.05, 0.1) is 0 Å². The molecule has 0 fully saturated rings. The Kier molecular flexibility index (Phi) is 6.40. The molecule has 0 aliphatic carbocycles. The summed E-state index contributed by atoms with van der Waals surface area (Å²) in [4.78, 5) is 22.5. The molecule has 0 spiro atoms. The summed E-state index contributed by atoms with van der Waals surface area (Å²) in [6.07, 6.45) is 3.29. The van der Waals surface area contributed by atoms with E-state index in [1.165, 1.54) is 18.1 Å². The van der Waals surface area contributed by atoms with Gasteiger partial charge >= 0.3 is 0 Å². The molecule has 5 nitrogen and oxygen atoms in total. The Morgan fingerprint density at radius 2 is 1.91 bits per heavy atom. The average Bonchev–Trinajstić information content (AvgIpc) is 2.96. The first-order valence-electron chi connectivity index (χ1n) is 7.97. The van der Waals surface area contributed by atoms with Crippen molar-refractivity contribution in [3.05, 3.63) is 34.9 Å². The third-order valence-electron chi connectivity index (χ3n) is 3.85. The van der Waals surface area contributed by atoms with Gasteiger partial charge in [-0.15, -0.1) is 0 Å². The largest absolute Gasteiger partial charge is 0.356 e. The van der Waals surface area contributed by atoms with Crippen molar-refractivity contribution < 1.29 is 9.59 Å². The van der Waals surface area contributed by atoms with Crippen LogP contribution in [0, 0.1) is 0 Å². The first kappa shape index (κ1) is 16.5. The molecule has 1 aliphatic rings. The van der Waals surface area contributed by atoms with Gasteiger partial charge in [0, 0.05) is 39.5 Å². The van der Waals surface area contributed by atoms with Gasteiger partial charge in [-0.1, -0.05) is 24.6 Å². The zero-order valence-corrected chi connectivity index (χ0v) is 13.2. The molecule has 1 aromatic carbocycles. The molecule has 0 saturated carbocycles. The highest BCUT2D eigenvalue weighted by molar-refractivity contribution is 5.75. The first-order valence-corrected chi connectivity index (χ1v) is 7.97. The SMILES string of the molecule is CC(=O)NCCCCCC(=O)NCc1ccc2c(c1)CNC2. The van der Waals surface area contributed by atoms with Gasteiger partial charge < -0.3 is 16.0 Å². The zero-order valence-electron chi connectivity index (χ0n) is 13.2. The molecule has 2 rings (SSSR count). The van der Waals surface area contributed by atoms with Crippen molar-refractivity contribution in [2.45, 2.75) is 52.2 Å². The molecule has 22 heavy (non-hydrogen) atoms. The molecule has 0 saturated heterocycles. The van der Waals surface area contributed by atoms with Gasteiger partial charge in [0.15, 0.2) is 0 Å². The van der Waals surface area contributed by atoms with Crippen LogP contribution < -0.4 is 16.0 Å². The number of nitrogens with one attached hydrogen (secondary N) is 3. The zero-order chi connectivity index (χ0) is 15.8. The van der Waals surface area contributed by atoms with E-state index in [4.69, 9.17) is 0 Å². The minimum atomic E-state index is 0.00212. The molecule has 0 unspecified atom stereocenters. The highest BCUT2D eigenvalue weighted by Gasteiger charge is 2.10. The second-order valence-electron chi connectivity index (χ2n) is 5.78. The van der Waals surface area contributed by atoms with Crippen LogP contribution in [0.1, 0.15) is 49.3 Å². The quantitative estimate of drug-likeness (QED) is 0.639. The van der Waals surface area contributed by atoms with Gasteiger partial charge in [-0.05, 0) is 29.5 Å². The normalized spacial score (nSPS) is 12.8. The van der Waals surface area contributed by atoms with Crippen LogP contribution >= 0.6 is 0 Å². The monoisotopic (exact) mass is 303 g/mol. The fourth-order valence-electron chi connectivity index (χ4n) is 2.60. The van der Waals surface area contributed by atoms with Gasteiger partial charge in [-0.25, -0.2) is 0 Å². The molecule has 2 amide bonds. The molecule has 120 valence electrons. The minimum Gasteiger partial charge on any atom is -0.356 e. The summed E-state index contributed by atoms with van der Waals surface area (Å²) in [5.74, 6) is 0.0976. The van der Waals surface area contributed by atoms with Crippen molar-refractivity contribution >= 4 is 11.8 Å². The number of carbonyl (C=O) groups is 2. The number of hydrogen-bond acceptors (Lipinski definition) is 3. The molecular formula is C17H25N3O2. The molecule has 0 bridgehead atoms. The van der Waals surface area contributed by atoms with E-state index in [0.29, 0.717) is 19.5 Å². The van der Waals surface area contributed by atoms with E-state index in [1.54, 1.807) is 0 Å². The second-order valence-corrected chi connectivity index (χ2v) is 5.78. The van der Waals surface area contributed by atoms with Crippen molar-refractivity contribution in [1.82, 2.24) is 16.0 Å². The van der Waals surface area contributed by atoms with Gasteiger partial charge in [-0.3, -0.25) is 9.59 Å². The van der Waals surface area contributed by atoms with E-state index in [1.807, 2.05) is 0 Å². The van der Waals surface area contributed by atoms with Crippen LogP contribution in [0.5, 0.6) is 0 Å². The molecule has 1 aromatic rings. The Balaban J connectivity index is 1.58. The van der Waals surface area contributed by atoms with E-state index < -0.39 is 0 Å². The van der Waals surface area contributed by atoms with Crippen LogP contribution in [0.15, 0.2) is 18.2 Å². The number of hydrogen-bond donors (Lipinski definition) is 3. The van der Waals surface area contributed by atoms with Crippen molar-refractivity contribution in [3.63, 3.8) is 0 Å². The van der Waals surface area contributed by atoms with Gasteiger partial charge in [-0.2, -0.15) is 0 Å². The highest BCUT2D eigenvalue weighted by Crippen LogP contribution is 2.16. The number of fused-ring (bicyclic) bond motifs is 1. The Bertz CT molecular complexity index is 529. The predicted octanol–water partition coefficient (Wildman–Crippen LogP) is 1.60. The lowest BCUT2D eigenvalue weighted by Crippen LogP contribution is -2.23. The smallest absolute Gasteiger partial charge is 0.220 e. The minimum absolute atomic E-state index is 0.00212. The van der Waals surface area contributed by atoms with Crippen molar-refractivity contribution in [2.24, 2.45) is 0 Å². The maximum Gasteiger partial charge on any atom is 0.220 e. The van der Waals surface area contributed by atoms with Crippen LogP contribution in [0.3, 0.4) is 0 Å². The van der Waals surface area contributed by atoms with E-state index >= 15 is 0 Å². The molecule has 0 atom stereocenters. The lowest BCUT2D eigenvalue weighted by Gasteiger charge is -2.07. The molecule has 1 heterocycles. The summed E-state index contributed by atoms with van der Waals surface area (Å²) in [7, 11) is 0. The third kappa shape index (κ3) is 5.48. The number of rotatable bonds is 8. The second kappa shape index (κ2) is 8.54. The lowest BCUT2D eigenvalue weighted by molar-refractivity contribution is -0.121. The van der Waals surface area contributed by atoms with Crippen LogP contribution in [0.4, 0.5) is 0 Å². The molecule has 1 aliphatic heterocycles. The fourth-order valence-corrected chi connectivity index (χ4v) is 2.60.